The number of hydrogen-bond acceptors (Lipinski definition) is 5. The van der Waals surface area contributed by atoms with Gasteiger partial charge in [0, 0.05) is 38.2 Å². The highest BCUT2D eigenvalue weighted by atomic mass is 16.5. The molecule has 0 fully saturated rings. The molecule has 2 heterocycles. The zero-order chi connectivity index (χ0) is 19.1. The van der Waals surface area contributed by atoms with E-state index in [0.29, 0.717) is 6.61 Å². The molecular formula is C21H27N5O. The number of likely N-dealkylation sites (N-methyl/N-ethyl adjacent to an activating group) is 1. The van der Waals surface area contributed by atoms with Gasteiger partial charge in [0.2, 0.25) is 0 Å². The number of pyridine rings is 1. The molecule has 0 aliphatic heterocycles. The molecule has 2 aromatic heterocycles. The first-order valence-electron chi connectivity index (χ1n) is 9.08. The van der Waals surface area contributed by atoms with E-state index in [0.717, 1.165) is 31.2 Å². The second-order valence-corrected chi connectivity index (χ2v) is 6.97. The fourth-order valence-electron chi connectivity index (χ4n) is 2.82. The van der Waals surface area contributed by atoms with E-state index in [-0.39, 0.29) is 0 Å². The number of hydrogen-bond donors (Lipinski definition) is 0. The van der Waals surface area contributed by atoms with E-state index in [1.54, 1.807) is 12.5 Å². The molecule has 1 aromatic carbocycles. The van der Waals surface area contributed by atoms with Crippen LogP contribution in [0.15, 0.2) is 61.3 Å². The van der Waals surface area contributed by atoms with E-state index < -0.39 is 0 Å². The summed E-state index contributed by atoms with van der Waals surface area (Å²) in [5.41, 5.74) is 2.42. The molecule has 0 saturated heterocycles. The van der Waals surface area contributed by atoms with E-state index >= 15 is 0 Å². The molecule has 3 aromatic rings. The van der Waals surface area contributed by atoms with Crippen molar-refractivity contribution in [2.45, 2.75) is 13.1 Å². The number of ether oxygens (including phenoxy) is 1. The van der Waals surface area contributed by atoms with Crippen LogP contribution in [0.3, 0.4) is 0 Å². The number of rotatable bonds is 9. The predicted molar refractivity (Wildman–Crippen MR) is 107 cm³/mol. The van der Waals surface area contributed by atoms with Gasteiger partial charge in [0.15, 0.2) is 0 Å². The summed E-state index contributed by atoms with van der Waals surface area (Å²) < 4.78 is 7.73. The fraction of sp³-hybridized carbons (Fsp3) is 0.333. The SMILES string of the molecule is CN(C)CCOc1cccc(CN(C)Cc2ccc(-n3ccnc3)nc2)c1. The van der Waals surface area contributed by atoms with Crippen molar-refractivity contribution in [2.24, 2.45) is 0 Å². The summed E-state index contributed by atoms with van der Waals surface area (Å²) in [5, 5.41) is 0. The van der Waals surface area contributed by atoms with Crippen LogP contribution in [-0.2, 0) is 13.1 Å². The molecule has 3 rings (SSSR count). The van der Waals surface area contributed by atoms with Crippen molar-refractivity contribution in [1.29, 1.82) is 0 Å². The Balaban J connectivity index is 1.53. The van der Waals surface area contributed by atoms with Gasteiger partial charge in [-0.15, -0.1) is 0 Å². The first-order valence-corrected chi connectivity index (χ1v) is 9.08. The molecule has 0 N–H and O–H groups in total. The molecule has 0 amide bonds. The van der Waals surface area contributed by atoms with Gasteiger partial charge in [-0.25, -0.2) is 9.97 Å². The first kappa shape index (κ1) is 19.1. The van der Waals surface area contributed by atoms with E-state index in [9.17, 15) is 0 Å². The molecule has 0 radical (unpaired) electrons. The van der Waals surface area contributed by atoms with Crippen LogP contribution in [0.5, 0.6) is 5.75 Å². The van der Waals surface area contributed by atoms with E-state index in [2.05, 4.69) is 51.1 Å². The maximum absolute atomic E-state index is 5.83. The Hall–Kier alpha value is -2.70. The van der Waals surface area contributed by atoms with Crippen LogP contribution in [0, 0.1) is 0 Å². The van der Waals surface area contributed by atoms with Crippen LogP contribution in [0.2, 0.25) is 0 Å². The van der Waals surface area contributed by atoms with Gasteiger partial charge in [-0.1, -0.05) is 18.2 Å². The third-order valence-corrected chi connectivity index (χ3v) is 4.19. The van der Waals surface area contributed by atoms with Crippen LogP contribution >= 0.6 is 0 Å². The van der Waals surface area contributed by atoms with Crippen LogP contribution in [-0.4, -0.2) is 58.6 Å². The van der Waals surface area contributed by atoms with Crippen molar-refractivity contribution in [2.75, 3.05) is 34.3 Å². The summed E-state index contributed by atoms with van der Waals surface area (Å²) in [6, 6.07) is 12.4. The van der Waals surface area contributed by atoms with Crippen LogP contribution < -0.4 is 4.74 Å². The molecule has 0 atom stereocenters. The zero-order valence-corrected chi connectivity index (χ0v) is 16.2. The Morgan fingerprint density at radius 3 is 2.59 bits per heavy atom. The van der Waals surface area contributed by atoms with Crippen molar-refractivity contribution in [3.8, 4) is 11.6 Å². The third-order valence-electron chi connectivity index (χ3n) is 4.19. The molecule has 0 aliphatic carbocycles. The molecule has 6 heteroatoms. The lowest BCUT2D eigenvalue weighted by molar-refractivity contribution is 0.260. The Morgan fingerprint density at radius 2 is 1.89 bits per heavy atom. The van der Waals surface area contributed by atoms with Crippen LogP contribution in [0.1, 0.15) is 11.1 Å². The zero-order valence-electron chi connectivity index (χ0n) is 16.2. The number of aromatic nitrogens is 3. The average Bonchev–Trinajstić information content (AvgIpc) is 3.17. The Bertz CT molecular complexity index is 815. The maximum Gasteiger partial charge on any atom is 0.137 e. The first-order chi connectivity index (χ1) is 13.1. The standard InChI is InChI=1S/C21H27N5O/c1-24(2)11-12-27-20-6-4-5-18(13-20)15-25(3)16-19-7-8-21(23-14-19)26-10-9-22-17-26/h4-10,13-14,17H,11-12,15-16H2,1-3H3. The number of imidazole rings is 1. The summed E-state index contributed by atoms with van der Waals surface area (Å²) >= 11 is 0. The van der Waals surface area contributed by atoms with Gasteiger partial charge in [0.25, 0.3) is 0 Å². The minimum absolute atomic E-state index is 0.696. The summed E-state index contributed by atoms with van der Waals surface area (Å²) in [5.74, 6) is 1.80. The van der Waals surface area contributed by atoms with Crippen molar-refractivity contribution in [3.63, 3.8) is 0 Å². The molecule has 0 aliphatic rings. The van der Waals surface area contributed by atoms with Gasteiger partial charge in [-0.3, -0.25) is 9.47 Å². The molecule has 0 unspecified atom stereocenters. The molecule has 0 bridgehead atoms. The average molecular weight is 365 g/mol. The summed E-state index contributed by atoms with van der Waals surface area (Å²) in [4.78, 5) is 13.0. The third kappa shape index (κ3) is 5.91. The lowest BCUT2D eigenvalue weighted by Gasteiger charge is -2.18. The van der Waals surface area contributed by atoms with Gasteiger partial charge in [-0.2, -0.15) is 0 Å². The summed E-state index contributed by atoms with van der Waals surface area (Å²) in [6.45, 7) is 3.30. The lowest BCUT2D eigenvalue weighted by Crippen LogP contribution is -2.19. The summed E-state index contributed by atoms with van der Waals surface area (Å²) in [6.07, 6.45) is 7.32. The molecule has 6 nitrogen and oxygen atoms in total. The van der Waals surface area contributed by atoms with E-state index in [1.807, 2.05) is 43.2 Å². The topological polar surface area (TPSA) is 46.4 Å². The maximum atomic E-state index is 5.83. The summed E-state index contributed by atoms with van der Waals surface area (Å²) in [7, 11) is 6.21. The van der Waals surface area contributed by atoms with E-state index in [1.165, 1.54) is 11.1 Å². The fourth-order valence-corrected chi connectivity index (χ4v) is 2.82. The Morgan fingerprint density at radius 1 is 1.04 bits per heavy atom. The minimum Gasteiger partial charge on any atom is -0.492 e. The second kappa shape index (κ2) is 9.30. The van der Waals surface area contributed by atoms with Gasteiger partial charge in [0.05, 0.1) is 0 Å². The van der Waals surface area contributed by atoms with Crippen molar-refractivity contribution in [3.05, 3.63) is 72.4 Å². The van der Waals surface area contributed by atoms with Gasteiger partial charge in [-0.05, 0) is 50.5 Å². The molecule has 0 spiro atoms. The van der Waals surface area contributed by atoms with Crippen LogP contribution in [0.25, 0.3) is 5.82 Å². The largest absolute Gasteiger partial charge is 0.492 e. The smallest absolute Gasteiger partial charge is 0.137 e. The highest BCUT2D eigenvalue weighted by molar-refractivity contribution is 5.29. The number of benzene rings is 1. The van der Waals surface area contributed by atoms with Crippen LogP contribution in [0.4, 0.5) is 0 Å². The van der Waals surface area contributed by atoms with Crippen molar-refractivity contribution in [1.82, 2.24) is 24.3 Å². The quantitative estimate of drug-likeness (QED) is 0.583. The second-order valence-electron chi connectivity index (χ2n) is 6.97. The highest BCUT2D eigenvalue weighted by Gasteiger charge is 2.05. The number of nitrogens with zero attached hydrogens (tertiary/aromatic N) is 5. The monoisotopic (exact) mass is 365 g/mol. The Labute approximate surface area is 161 Å². The van der Waals surface area contributed by atoms with E-state index in [4.69, 9.17) is 4.74 Å². The minimum atomic E-state index is 0.696. The normalized spacial score (nSPS) is 11.3. The van der Waals surface area contributed by atoms with Gasteiger partial charge >= 0.3 is 0 Å². The molecule has 27 heavy (non-hydrogen) atoms. The van der Waals surface area contributed by atoms with Gasteiger partial charge < -0.3 is 9.64 Å². The predicted octanol–water partition coefficient (Wildman–Crippen LogP) is 2.84. The highest BCUT2D eigenvalue weighted by Crippen LogP contribution is 2.16. The van der Waals surface area contributed by atoms with Crippen molar-refractivity contribution < 1.29 is 4.74 Å². The molecular weight excluding hydrogens is 338 g/mol. The molecule has 142 valence electrons. The Kier molecular flexibility index (Phi) is 6.57. The lowest BCUT2D eigenvalue weighted by atomic mass is 10.2. The van der Waals surface area contributed by atoms with Gasteiger partial charge in [0.1, 0.15) is 24.5 Å². The molecule has 0 saturated carbocycles. The van der Waals surface area contributed by atoms with Crippen molar-refractivity contribution >= 4 is 0 Å².